The maximum absolute atomic E-state index is 13.8. The van der Waals surface area contributed by atoms with Crippen molar-refractivity contribution in [3.63, 3.8) is 0 Å². The van der Waals surface area contributed by atoms with Gasteiger partial charge in [-0.3, -0.25) is 0 Å². The van der Waals surface area contributed by atoms with Crippen LogP contribution >= 0.6 is 0 Å². The Labute approximate surface area is 143 Å². The Morgan fingerprint density at radius 1 is 1.04 bits per heavy atom. The quantitative estimate of drug-likeness (QED) is 0.614. The van der Waals surface area contributed by atoms with Crippen molar-refractivity contribution in [3.8, 4) is 17.2 Å². The molecule has 2 heteroatoms. The summed E-state index contributed by atoms with van der Waals surface area (Å²) in [5.74, 6) is 0.983. The minimum atomic E-state index is -0.459. The van der Waals surface area contributed by atoms with E-state index in [2.05, 4.69) is 30.8 Å². The van der Waals surface area contributed by atoms with Crippen LogP contribution in [-0.2, 0) is 0 Å². The lowest BCUT2D eigenvalue weighted by molar-refractivity contribution is 0.328. The van der Waals surface area contributed by atoms with Crippen molar-refractivity contribution in [1.82, 2.24) is 0 Å². The molecule has 0 heterocycles. The van der Waals surface area contributed by atoms with Gasteiger partial charge in [-0.15, -0.1) is 6.58 Å². The number of halogens is 1. The first kappa shape index (κ1) is 16.5. The highest BCUT2D eigenvalue weighted by molar-refractivity contribution is 5.64. The summed E-state index contributed by atoms with van der Waals surface area (Å²) in [6.07, 6.45) is 8.21. The van der Waals surface area contributed by atoms with E-state index in [1.165, 1.54) is 37.3 Å². The molecule has 0 atom stereocenters. The molecule has 122 valence electrons. The molecule has 1 aliphatic rings. The first-order chi connectivity index (χ1) is 11.7. The van der Waals surface area contributed by atoms with Crippen molar-refractivity contribution < 1.29 is 4.39 Å². The maximum atomic E-state index is 13.8. The van der Waals surface area contributed by atoms with Crippen LogP contribution < -0.4 is 0 Å². The van der Waals surface area contributed by atoms with Crippen LogP contribution in [0.25, 0.3) is 11.1 Å². The molecule has 0 bridgehead atoms. The summed E-state index contributed by atoms with van der Waals surface area (Å²) in [5, 5.41) is 8.82. The Bertz CT molecular complexity index is 747. The number of allylic oxidation sites excluding steroid dienone is 1. The Morgan fingerprint density at radius 2 is 1.71 bits per heavy atom. The van der Waals surface area contributed by atoms with E-state index in [1.54, 1.807) is 12.1 Å². The van der Waals surface area contributed by atoms with Crippen LogP contribution in [-0.4, -0.2) is 0 Å². The Morgan fingerprint density at radius 3 is 2.29 bits per heavy atom. The van der Waals surface area contributed by atoms with E-state index >= 15 is 0 Å². The summed E-state index contributed by atoms with van der Waals surface area (Å²) >= 11 is 0. The van der Waals surface area contributed by atoms with Gasteiger partial charge in [-0.05, 0) is 72.8 Å². The van der Waals surface area contributed by atoms with Crippen LogP contribution in [0.15, 0.2) is 55.1 Å². The molecule has 0 radical (unpaired) electrons. The van der Waals surface area contributed by atoms with Crippen LogP contribution in [0.2, 0.25) is 0 Å². The molecule has 1 saturated carbocycles. The monoisotopic (exact) mass is 319 g/mol. The Hall–Kier alpha value is -2.40. The number of rotatable bonds is 4. The minimum Gasteiger partial charge on any atom is -0.206 e. The van der Waals surface area contributed by atoms with Gasteiger partial charge in [0, 0.05) is 0 Å². The summed E-state index contributed by atoms with van der Waals surface area (Å²) in [6, 6.07) is 15.1. The molecule has 0 amide bonds. The molecular weight excluding hydrogens is 297 g/mol. The molecule has 0 N–H and O–H groups in total. The Kier molecular flexibility index (Phi) is 5.11. The average molecular weight is 319 g/mol. The highest BCUT2D eigenvalue weighted by Crippen LogP contribution is 2.37. The normalized spacial score (nSPS) is 20.3. The lowest BCUT2D eigenvalue weighted by Crippen LogP contribution is -2.12. The molecule has 1 aliphatic carbocycles. The number of nitrogens with zero attached hydrogens (tertiary/aromatic N) is 1. The van der Waals surface area contributed by atoms with Gasteiger partial charge in [0.1, 0.15) is 11.9 Å². The second-order valence-electron chi connectivity index (χ2n) is 6.67. The zero-order chi connectivity index (χ0) is 16.9. The van der Waals surface area contributed by atoms with E-state index < -0.39 is 5.82 Å². The molecule has 0 saturated heterocycles. The fourth-order valence-corrected chi connectivity index (χ4v) is 3.70. The van der Waals surface area contributed by atoms with Gasteiger partial charge >= 0.3 is 0 Å². The highest BCUT2D eigenvalue weighted by Gasteiger charge is 2.21. The lowest BCUT2D eigenvalue weighted by atomic mass is 9.77. The van der Waals surface area contributed by atoms with E-state index in [4.69, 9.17) is 5.26 Å². The van der Waals surface area contributed by atoms with Crippen LogP contribution in [0, 0.1) is 23.1 Å². The third-order valence-electron chi connectivity index (χ3n) is 5.15. The van der Waals surface area contributed by atoms with Gasteiger partial charge in [-0.2, -0.15) is 5.26 Å². The second kappa shape index (κ2) is 7.45. The highest BCUT2D eigenvalue weighted by atomic mass is 19.1. The number of benzene rings is 2. The molecule has 0 aliphatic heterocycles. The SMILES string of the molecule is C=CC[C@H]1CC[C@H](c2ccc(-c3ccc(C#N)c(F)c3)cc2)CC1. The summed E-state index contributed by atoms with van der Waals surface area (Å²) in [7, 11) is 0. The fraction of sp³-hybridized carbons (Fsp3) is 0.318. The summed E-state index contributed by atoms with van der Waals surface area (Å²) in [4.78, 5) is 0. The molecule has 0 aromatic heterocycles. The average Bonchev–Trinajstić information content (AvgIpc) is 2.63. The first-order valence-corrected chi connectivity index (χ1v) is 8.62. The smallest absolute Gasteiger partial charge is 0.141 e. The summed E-state index contributed by atoms with van der Waals surface area (Å²) in [6.45, 7) is 3.84. The lowest BCUT2D eigenvalue weighted by Gasteiger charge is -2.28. The second-order valence-corrected chi connectivity index (χ2v) is 6.67. The third-order valence-corrected chi connectivity index (χ3v) is 5.15. The fourth-order valence-electron chi connectivity index (χ4n) is 3.70. The maximum Gasteiger partial charge on any atom is 0.141 e. The number of hydrogen-bond acceptors (Lipinski definition) is 1. The van der Waals surface area contributed by atoms with Gasteiger partial charge in [0.2, 0.25) is 0 Å². The zero-order valence-corrected chi connectivity index (χ0v) is 13.8. The molecule has 0 spiro atoms. The topological polar surface area (TPSA) is 23.8 Å². The van der Waals surface area contributed by atoms with Crippen LogP contribution in [0.4, 0.5) is 4.39 Å². The van der Waals surface area contributed by atoms with Crippen LogP contribution in [0.3, 0.4) is 0 Å². The van der Waals surface area contributed by atoms with E-state index in [0.717, 1.165) is 23.5 Å². The predicted molar refractivity (Wildman–Crippen MR) is 96.1 cm³/mol. The van der Waals surface area contributed by atoms with Gasteiger partial charge in [0.05, 0.1) is 5.56 Å². The Balaban J connectivity index is 1.71. The molecule has 1 fully saturated rings. The van der Waals surface area contributed by atoms with Gasteiger partial charge in [0.15, 0.2) is 0 Å². The van der Waals surface area contributed by atoms with Crippen molar-refractivity contribution in [2.45, 2.75) is 38.0 Å². The van der Waals surface area contributed by atoms with Crippen molar-refractivity contribution in [3.05, 3.63) is 72.1 Å². The molecule has 24 heavy (non-hydrogen) atoms. The largest absolute Gasteiger partial charge is 0.206 e. The van der Waals surface area contributed by atoms with Crippen molar-refractivity contribution in [2.75, 3.05) is 0 Å². The van der Waals surface area contributed by atoms with E-state index in [1.807, 2.05) is 12.1 Å². The molecule has 3 rings (SSSR count). The van der Waals surface area contributed by atoms with Crippen molar-refractivity contribution in [1.29, 1.82) is 5.26 Å². The third kappa shape index (κ3) is 3.57. The van der Waals surface area contributed by atoms with Gasteiger partial charge in [-0.25, -0.2) is 4.39 Å². The zero-order valence-electron chi connectivity index (χ0n) is 13.8. The molecule has 1 nitrogen and oxygen atoms in total. The predicted octanol–water partition coefficient (Wildman–Crippen LogP) is 6.21. The van der Waals surface area contributed by atoms with Gasteiger partial charge in [0.25, 0.3) is 0 Å². The molecule has 0 unspecified atom stereocenters. The molecular formula is C22H22FN. The standard InChI is InChI=1S/C22H22FN/c1-2-3-16-4-6-17(7-5-16)18-8-10-19(11-9-18)20-12-13-21(15-24)22(23)14-20/h2,8-14,16-17H,1,3-7H2/t16-,17-. The minimum absolute atomic E-state index is 0.0895. The van der Waals surface area contributed by atoms with E-state index in [-0.39, 0.29) is 5.56 Å². The van der Waals surface area contributed by atoms with Crippen LogP contribution in [0.1, 0.15) is 49.1 Å². The molecule has 2 aromatic rings. The molecule has 2 aromatic carbocycles. The number of nitriles is 1. The van der Waals surface area contributed by atoms with Gasteiger partial charge in [-0.1, -0.05) is 36.4 Å². The van der Waals surface area contributed by atoms with E-state index in [9.17, 15) is 4.39 Å². The van der Waals surface area contributed by atoms with Crippen molar-refractivity contribution in [2.24, 2.45) is 5.92 Å². The van der Waals surface area contributed by atoms with Crippen LogP contribution in [0.5, 0.6) is 0 Å². The number of hydrogen-bond donors (Lipinski definition) is 0. The summed E-state index contributed by atoms with van der Waals surface area (Å²) in [5.41, 5.74) is 3.27. The van der Waals surface area contributed by atoms with E-state index in [0.29, 0.717) is 5.92 Å². The first-order valence-electron chi connectivity index (χ1n) is 8.62. The summed E-state index contributed by atoms with van der Waals surface area (Å²) < 4.78 is 13.8. The van der Waals surface area contributed by atoms with Gasteiger partial charge < -0.3 is 0 Å². The van der Waals surface area contributed by atoms with Crippen molar-refractivity contribution >= 4 is 0 Å².